The third-order valence-corrected chi connectivity index (χ3v) is 4.20. The lowest BCUT2D eigenvalue weighted by Crippen LogP contribution is -2.42. The third-order valence-electron chi connectivity index (χ3n) is 4.20. The fourth-order valence-corrected chi connectivity index (χ4v) is 3.04. The van der Waals surface area contributed by atoms with Crippen LogP contribution in [0.15, 0.2) is 24.3 Å². The highest BCUT2D eigenvalue weighted by atomic mass is 19.4. The first-order valence-corrected chi connectivity index (χ1v) is 7.64. The quantitative estimate of drug-likeness (QED) is 0.800. The van der Waals surface area contributed by atoms with Gasteiger partial charge in [0, 0.05) is 18.7 Å². The van der Waals surface area contributed by atoms with Crippen LogP contribution in [0.25, 0.3) is 0 Å². The van der Waals surface area contributed by atoms with Crippen molar-refractivity contribution in [2.75, 3.05) is 26.2 Å². The first-order valence-electron chi connectivity index (χ1n) is 7.64. The number of likely N-dealkylation sites (tertiary alicyclic amines) is 1. The van der Waals surface area contributed by atoms with E-state index in [-0.39, 0.29) is 31.8 Å². The van der Waals surface area contributed by atoms with E-state index in [2.05, 4.69) is 0 Å². The topological polar surface area (TPSA) is 38.8 Å². The Kier molecular flexibility index (Phi) is 4.48. The summed E-state index contributed by atoms with van der Waals surface area (Å²) in [4.78, 5) is 13.6. The number of alkyl halides is 3. The van der Waals surface area contributed by atoms with Crippen molar-refractivity contribution < 1.29 is 27.4 Å². The van der Waals surface area contributed by atoms with E-state index in [9.17, 15) is 18.0 Å². The summed E-state index contributed by atoms with van der Waals surface area (Å²) in [5, 5.41) is 0. The SMILES string of the molecule is O=C(OC1CCN(CC(F)(F)F)CC1)[C@H]1COc2ccccc21. The van der Waals surface area contributed by atoms with Gasteiger partial charge in [-0.2, -0.15) is 13.2 Å². The van der Waals surface area contributed by atoms with Crippen molar-refractivity contribution in [2.45, 2.75) is 31.0 Å². The van der Waals surface area contributed by atoms with Gasteiger partial charge in [0.05, 0.1) is 6.54 Å². The fraction of sp³-hybridized carbons (Fsp3) is 0.562. The number of hydrogen-bond acceptors (Lipinski definition) is 4. The summed E-state index contributed by atoms with van der Waals surface area (Å²) in [7, 11) is 0. The van der Waals surface area contributed by atoms with E-state index in [1.54, 1.807) is 6.07 Å². The molecule has 0 radical (unpaired) electrons. The number of carbonyl (C=O) groups excluding carboxylic acids is 1. The minimum atomic E-state index is -4.19. The maximum atomic E-state index is 12.4. The predicted molar refractivity (Wildman–Crippen MR) is 76.3 cm³/mol. The number of nitrogens with zero attached hydrogens (tertiary/aromatic N) is 1. The van der Waals surface area contributed by atoms with Gasteiger partial charge in [0.1, 0.15) is 24.4 Å². The summed E-state index contributed by atoms with van der Waals surface area (Å²) < 4.78 is 48.0. The van der Waals surface area contributed by atoms with Crippen molar-refractivity contribution in [2.24, 2.45) is 0 Å². The Morgan fingerprint density at radius 2 is 1.96 bits per heavy atom. The van der Waals surface area contributed by atoms with E-state index in [1.807, 2.05) is 18.2 Å². The Hall–Kier alpha value is -1.76. The summed E-state index contributed by atoms with van der Waals surface area (Å²) in [6.07, 6.45) is -3.65. The van der Waals surface area contributed by atoms with E-state index in [0.717, 1.165) is 5.56 Å². The van der Waals surface area contributed by atoms with E-state index in [1.165, 1.54) is 4.90 Å². The second-order valence-corrected chi connectivity index (χ2v) is 5.93. The van der Waals surface area contributed by atoms with Crippen molar-refractivity contribution >= 4 is 5.97 Å². The molecule has 0 N–H and O–H groups in total. The third kappa shape index (κ3) is 3.96. The van der Waals surface area contributed by atoms with Gasteiger partial charge in [-0.05, 0) is 18.9 Å². The van der Waals surface area contributed by atoms with Gasteiger partial charge >= 0.3 is 12.1 Å². The van der Waals surface area contributed by atoms with Crippen LogP contribution in [-0.2, 0) is 9.53 Å². The average Bonchev–Trinajstić information content (AvgIpc) is 2.92. The normalized spacial score (nSPS) is 22.5. The summed E-state index contributed by atoms with van der Waals surface area (Å²) in [5.41, 5.74) is 0.812. The van der Waals surface area contributed by atoms with Crippen LogP contribution in [0.1, 0.15) is 24.3 Å². The Bertz CT molecular complexity index is 568. The van der Waals surface area contributed by atoms with E-state index in [0.29, 0.717) is 18.6 Å². The highest BCUT2D eigenvalue weighted by Gasteiger charge is 2.35. The van der Waals surface area contributed by atoms with Gasteiger partial charge in [0.2, 0.25) is 0 Å². The maximum absolute atomic E-state index is 12.4. The molecule has 0 aliphatic carbocycles. The summed E-state index contributed by atoms with van der Waals surface area (Å²) in [6, 6.07) is 7.31. The second-order valence-electron chi connectivity index (χ2n) is 5.93. The fourth-order valence-electron chi connectivity index (χ4n) is 3.04. The van der Waals surface area contributed by atoms with Gasteiger partial charge in [0.15, 0.2) is 0 Å². The van der Waals surface area contributed by atoms with Crippen molar-refractivity contribution in [3.05, 3.63) is 29.8 Å². The number of fused-ring (bicyclic) bond motifs is 1. The molecule has 0 aromatic heterocycles. The molecule has 3 rings (SSSR count). The Morgan fingerprint density at radius 1 is 1.26 bits per heavy atom. The van der Waals surface area contributed by atoms with Crippen LogP contribution in [0, 0.1) is 0 Å². The standard InChI is InChI=1S/C16H18F3NO3/c17-16(18,19)10-20-7-5-11(6-8-20)23-15(21)13-9-22-14-4-2-1-3-12(13)14/h1-4,11,13H,5-10H2/t13-/m0/s1. The van der Waals surface area contributed by atoms with E-state index in [4.69, 9.17) is 9.47 Å². The van der Waals surface area contributed by atoms with Crippen LogP contribution in [-0.4, -0.2) is 49.4 Å². The Labute approximate surface area is 132 Å². The average molecular weight is 329 g/mol. The molecular weight excluding hydrogens is 311 g/mol. The Balaban J connectivity index is 1.51. The molecule has 1 atom stereocenters. The molecular formula is C16H18F3NO3. The molecule has 23 heavy (non-hydrogen) atoms. The van der Waals surface area contributed by atoms with Crippen LogP contribution in [0.5, 0.6) is 5.75 Å². The van der Waals surface area contributed by atoms with Crippen LogP contribution < -0.4 is 4.74 Å². The monoisotopic (exact) mass is 329 g/mol. The van der Waals surface area contributed by atoms with Crippen molar-refractivity contribution in [1.29, 1.82) is 0 Å². The number of ether oxygens (including phenoxy) is 2. The van der Waals surface area contributed by atoms with E-state index < -0.39 is 18.6 Å². The number of rotatable bonds is 3. The van der Waals surface area contributed by atoms with Gasteiger partial charge in [0.25, 0.3) is 0 Å². The summed E-state index contributed by atoms with van der Waals surface area (Å²) >= 11 is 0. The number of esters is 1. The molecule has 0 saturated carbocycles. The van der Waals surface area contributed by atoms with Gasteiger partial charge in [-0.1, -0.05) is 18.2 Å². The molecule has 1 aromatic carbocycles. The highest BCUT2D eigenvalue weighted by molar-refractivity contribution is 5.80. The number of para-hydroxylation sites is 1. The number of piperidine rings is 1. The van der Waals surface area contributed by atoms with Gasteiger partial charge in [-0.3, -0.25) is 9.69 Å². The number of hydrogen-bond donors (Lipinski definition) is 0. The lowest BCUT2D eigenvalue weighted by molar-refractivity contribution is -0.161. The zero-order valence-electron chi connectivity index (χ0n) is 12.5. The summed E-state index contributed by atoms with van der Waals surface area (Å²) in [6.45, 7) is -0.0764. The minimum Gasteiger partial charge on any atom is -0.492 e. The van der Waals surface area contributed by atoms with Crippen molar-refractivity contribution in [3.8, 4) is 5.75 Å². The van der Waals surface area contributed by atoms with Crippen molar-refractivity contribution in [1.82, 2.24) is 4.90 Å². The maximum Gasteiger partial charge on any atom is 0.401 e. The van der Waals surface area contributed by atoms with Gasteiger partial charge < -0.3 is 9.47 Å². The van der Waals surface area contributed by atoms with Crippen LogP contribution in [0.3, 0.4) is 0 Å². The molecule has 126 valence electrons. The van der Waals surface area contributed by atoms with Gasteiger partial charge in [-0.15, -0.1) is 0 Å². The van der Waals surface area contributed by atoms with E-state index >= 15 is 0 Å². The van der Waals surface area contributed by atoms with Gasteiger partial charge in [-0.25, -0.2) is 0 Å². The molecule has 0 spiro atoms. The molecule has 2 heterocycles. The Morgan fingerprint density at radius 3 is 2.65 bits per heavy atom. The first kappa shape index (κ1) is 16.1. The number of halogens is 3. The number of benzene rings is 1. The summed E-state index contributed by atoms with van der Waals surface area (Å²) in [5.74, 6) is -0.113. The zero-order chi connectivity index (χ0) is 16.4. The second kappa shape index (κ2) is 6.39. The minimum absolute atomic E-state index is 0.255. The highest BCUT2D eigenvalue weighted by Crippen LogP contribution is 2.34. The molecule has 1 fully saturated rings. The predicted octanol–water partition coefficient (Wildman–Crippen LogP) is 2.73. The smallest absolute Gasteiger partial charge is 0.401 e. The molecule has 1 saturated heterocycles. The van der Waals surface area contributed by atoms with Crippen LogP contribution >= 0.6 is 0 Å². The molecule has 0 bridgehead atoms. The molecule has 0 amide bonds. The molecule has 2 aliphatic heterocycles. The van der Waals surface area contributed by atoms with Crippen molar-refractivity contribution in [3.63, 3.8) is 0 Å². The molecule has 1 aromatic rings. The molecule has 7 heteroatoms. The number of carbonyl (C=O) groups is 1. The lowest BCUT2D eigenvalue weighted by Gasteiger charge is -2.32. The molecule has 0 unspecified atom stereocenters. The zero-order valence-corrected chi connectivity index (χ0v) is 12.5. The molecule has 4 nitrogen and oxygen atoms in total. The largest absolute Gasteiger partial charge is 0.492 e. The van der Waals surface area contributed by atoms with Crippen LogP contribution in [0.4, 0.5) is 13.2 Å². The molecule has 2 aliphatic rings. The first-order chi connectivity index (χ1) is 10.9. The lowest BCUT2D eigenvalue weighted by atomic mass is 10.0. The van der Waals surface area contributed by atoms with Crippen LogP contribution in [0.2, 0.25) is 0 Å².